The number of carbonyl (C=O) groups is 1. The number of aliphatic hydroxyl groups excluding tert-OH is 1. The zero-order valence-corrected chi connectivity index (χ0v) is 13.8. The van der Waals surface area contributed by atoms with Gasteiger partial charge in [0.2, 0.25) is 0 Å². The SMILES string of the molecule is CCN(CC)c1nc(N)c(C(=O)N(C)CC(O)COC)s1. The molecule has 0 spiro atoms. The van der Waals surface area contributed by atoms with Crippen LogP contribution in [0.4, 0.5) is 10.9 Å². The van der Waals surface area contributed by atoms with Crippen LogP contribution >= 0.6 is 11.3 Å². The van der Waals surface area contributed by atoms with Crippen molar-refractivity contribution >= 4 is 28.2 Å². The maximum absolute atomic E-state index is 12.4. The van der Waals surface area contributed by atoms with Gasteiger partial charge in [0.05, 0.1) is 12.7 Å². The van der Waals surface area contributed by atoms with E-state index in [0.29, 0.717) is 4.88 Å². The van der Waals surface area contributed by atoms with Gasteiger partial charge in [-0.1, -0.05) is 11.3 Å². The molecule has 1 amide bonds. The average molecular weight is 316 g/mol. The summed E-state index contributed by atoms with van der Waals surface area (Å²) in [6.45, 7) is 6.02. The van der Waals surface area contributed by atoms with Crippen molar-refractivity contribution in [2.45, 2.75) is 20.0 Å². The third-order valence-corrected chi connectivity index (χ3v) is 4.18. The third kappa shape index (κ3) is 4.55. The fourth-order valence-electron chi connectivity index (χ4n) is 1.92. The molecule has 0 saturated carbocycles. The first-order chi connectivity index (χ1) is 9.94. The zero-order valence-electron chi connectivity index (χ0n) is 13.0. The molecular formula is C13H24N4O3S. The van der Waals surface area contributed by atoms with Crippen molar-refractivity contribution in [3.8, 4) is 0 Å². The Morgan fingerprint density at radius 2 is 2.10 bits per heavy atom. The summed E-state index contributed by atoms with van der Waals surface area (Å²) in [7, 11) is 3.13. The molecule has 0 saturated heterocycles. The number of aliphatic hydroxyl groups is 1. The van der Waals surface area contributed by atoms with Gasteiger partial charge in [-0.2, -0.15) is 0 Å². The number of likely N-dealkylation sites (N-methyl/N-ethyl adjacent to an activating group) is 1. The summed E-state index contributed by atoms with van der Waals surface area (Å²) >= 11 is 1.28. The zero-order chi connectivity index (χ0) is 16.0. The highest BCUT2D eigenvalue weighted by atomic mass is 32.1. The largest absolute Gasteiger partial charge is 0.389 e. The Hall–Kier alpha value is -1.38. The van der Waals surface area contributed by atoms with Gasteiger partial charge >= 0.3 is 0 Å². The van der Waals surface area contributed by atoms with E-state index >= 15 is 0 Å². The van der Waals surface area contributed by atoms with Crippen LogP contribution in [0.1, 0.15) is 23.5 Å². The molecule has 0 aliphatic carbocycles. The summed E-state index contributed by atoms with van der Waals surface area (Å²) in [5.74, 6) is -0.00135. The van der Waals surface area contributed by atoms with Gasteiger partial charge in [-0.05, 0) is 13.8 Å². The molecular weight excluding hydrogens is 292 g/mol. The van der Waals surface area contributed by atoms with Gasteiger partial charge < -0.3 is 25.4 Å². The molecule has 1 rings (SSSR count). The standard InChI is InChI=1S/C13H24N4O3S/c1-5-17(6-2)13-15-11(14)10(21-13)12(19)16(3)7-9(18)8-20-4/h9,18H,5-8,14H2,1-4H3. The molecule has 7 nitrogen and oxygen atoms in total. The number of hydrogen-bond acceptors (Lipinski definition) is 7. The maximum atomic E-state index is 12.4. The van der Waals surface area contributed by atoms with Crippen LogP contribution in [0.2, 0.25) is 0 Å². The van der Waals surface area contributed by atoms with Crippen LogP contribution in [-0.2, 0) is 4.74 Å². The maximum Gasteiger partial charge on any atom is 0.267 e. The quantitative estimate of drug-likeness (QED) is 0.732. The van der Waals surface area contributed by atoms with E-state index in [1.165, 1.54) is 23.3 Å². The number of nitrogens with two attached hydrogens (primary N) is 1. The van der Waals surface area contributed by atoms with E-state index in [0.717, 1.165) is 18.2 Å². The van der Waals surface area contributed by atoms with Crippen LogP contribution < -0.4 is 10.6 Å². The summed E-state index contributed by atoms with van der Waals surface area (Å²) < 4.78 is 4.85. The van der Waals surface area contributed by atoms with E-state index in [4.69, 9.17) is 10.5 Å². The van der Waals surface area contributed by atoms with Crippen LogP contribution in [0.15, 0.2) is 0 Å². The minimum atomic E-state index is -0.722. The van der Waals surface area contributed by atoms with Gasteiger partial charge in [0.15, 0.2) is 5.13 Å². The molecule has 21 heavy (non-hydrogen) atoms. The molecule has 0 fully saturated rings. The average Bonchev–Trinajstić information content (AvgIpc) is 2.81. The summed E-state index contributed by atoms with van der Waals surface area (Å²) in [6.07, 6.45) is -0.722. The van der Waals surface area contributed by atoms with Crippen molar-refractivity contribution in [1.29, 1.82) is 0 Å². The minimum Gasteiger partial charge on any atom is -0.389 e. The Bertz CT molecular complexity index is 462. The molecule has 0 aliphatic rings. The van der Waals surface area contributed by atoms with Gasteiger partial charge in [-0.3, -0.25) is 4.79 Å². The molecule has 0 radical (unpaired) electrons. The van der Waals surface area contributed by atoms with Gasteiger partial charge in [0.25, 0.3) is 5.91 Å². The number of nitrogens with zero attached hydrogens (tertiary/aromatic N) is 3. The Kier molecular flexibility index (Phi) is 6.86. The van der Waals surface area contributed by atoms with Gasteiger partial charge in [0, 0.05) is 33.8 Å². The second kappa shape index (κ2) is 8.16. The predicted octanol–water partition coefficient (Wildman–Crippen LogP) is 0.651. The fourth-order valence-corrected chi connectivity index (χ4v) is 3.03. The van der Waals surface area contributed by atoms with E-state index in [1.807, 2.05) is 18.7 Å². The van der Waals surface area contributed by atoms with Crippen molar-refractivity contribution in [3.05, 3.63) is 4.88 Å². The highest BCUT2D eigenvalue weighted by Crippen LogP contribution is 2.28. The van der Waals surface area contributed by atoms with Crippen molar-refractivity contribution in [2.24, 2.45) is 0 Å². The fraction of sp³-hybridized carbons (Fsp3) is 0.692. The molecule has 8 heteroatoms. The molecule has 3 N–H and O–H groups in total. The van der Waals surface area contributed by atoms with Crippen LogP contribution in [0, 0.1) is 0 Å². The first-order valence-electron chi connectivity index (χ1n) is 6.88. The number of carbonyl (C=O) groups excluding carboxylic acids is 1. The Labute approximate surface area is 129 Å². The predicted molar refractivity (Wildman–Crippen MR) is 84.9 cm³/mol. The number of methoxy groups -OCH3 is 1. The summed E-state index contributed by atoms with van der Waals surface area (Å²) in [6, 6.07) is 0. The number of thiazole rings is 1. The smallest absolute Gasteiger partial charge is 0.267 e. The van der Waals surface area contributed by atoms with E-state index < -0.39 is 6.10 Å². The van der Waals surface area contributed by atoms with E-state index in [2.05, 4.69) is 4.98 Å². The van der Waals surface area contributed by atoms with E-state index in [1.54, 1.807) is 7.05 Å². The summed E-state index contributed by atoms with van der Waals surface area (Å²) in [5.41, 5.74) is 5.85. The van der Waals surface area contributed by atoms with Crippen LogP contribution in [-0.4, -0.2) is 67.4 Å². The number of hydrogen-bond donors (Lipinski definition) is 2. The number of aromatic nitrogens is 1. The molecule has 0 bridgehead atoms. The number of nitrogen functional groups attached to an aromatic ring is 1. The van der Waals surface area contributed by atoms with Crippen molar-refractivity contribution in [2.75, 3.05) is 51.0 Å². The molecule has 1 aromatic rings. The summed E-state index contributed by atoms with van der Waals surface area (Å²) in [5, 5.41) is 10.4. The lowest BCUT2D eigenvalue weighted by Crippen LogP contribution is -2.36. The van der Waals surface area contributed by atoms with Crippen molar-refractivity contribution in [1.82, 2.24) is 9.88 Å². The molecule has 1 atom stereocenters. The van der Waals surface area contributed by atoms with Crippen molar-refractivity contribution < 1.29 is 14.6 Å². The van der Waals surface area contributed by atoms with Crippen LogP contribution in [0.25, 0.3) is 0 Å². The van der Waals surface area contributed by atoms with Crippen LogP contribution in [0.3, 0.4) is 0 Å². The Morgan fingerprint density at radius 3 is 2.62 bits per heavy atom. The van der Waals surface area contributed by atoms with Gasteiger partial charge in [0.1, 0.15) is 10.7 Å². The summed E-state index contributed by atoms with van der Waals surface area (Å²) in [4.78, 5) is 20.5. The number of rotatable bonds is 8. The highest BCUT2D eigenvalue weighted by Gasteiger charge is 2.22. The number of amides is 1. The molecule has 120 valence electrons. The number of ether oxygens (including phenoxy) is 1. The first kappa shape index (κ1) is 17.7. The lowest BCUT2D eigenvalue weighted by atomic mass is 10.3. The Morgan fingerprint density at radius 1 is 1.48 bits per heavy atom. The lowest BCUT2D eigenvalue weighted by Gasteiger charge is -2.20. The van der Waals surface area contributed by atoms with E-state index in [-0.39, 0.29) is 24.9 Å². The topological polar surface area (TPSA) is 91.9 Å². The highest BCUT2D eigenvalue weighted by molar-refractivity contribution is 7.18. The molecule has 1 unspecified atom stereocenters. The molecule has 0 aromatic carbocycles. The van der Waals surface area contributed by atoms with Crippen molar-refractivity contribution in [3.63, 3.8) is 0 Å². The van der Waals surface area contributed by atoms with Crippen LogP contribution in [0.5, 0.6) is 0 Å². The molecule has 1 heterocycles. The second-order valence-electron chi connectivity index (χ2n) is 4.68. The molecule has 1 aromatic heterocycles. The third-order valence-electron chi connectivity index (χ3n) is 3.06. The number of anilines is 2. The minimum absolute atomic E-state index is 0.181. The van der Waals surface area contributed by atoms with E-state index in [9.17, 15) is 9.90 Å². The van der Waals surface area contributed by atoms with Gasteiger partial charge in [-0.25, -0.2) is 4.98 Å². The second-order valence-corrected chi connectivity index (χ2v) is 5.66. The monoisotopic (exact) mass is 316 g/mol. The Balaban J connectivity index is 2.82. The normalized spacial score (nSPS) is 12.2. The van der Waals surface area contributed by atoms with Gasteiger partial charge in [-0.15, -0.1) is 0 Å². The molecule has 0 aliphatic heterocycles. The lowest BCUT2D eigenvalue weighted by molar-refractivity contribution is 0.0382. The first-order valence-corrected chi connectivity index (χ1v) is 7.69.